The van der Waals surface area contributed by atoms with Crippen LogP contribution in [0, 0.1) is 0 Å². The third-order valence-corrected chi connectivity index (χ3v) is 5.12. The number of benzene rings is 1. The Morgan fingerprint density at radius 2 is 2.08 bits per heavy atom. The van der Waals surface area contributed by atoms with Crippen molar-refractivity contribution in [2.75, 3.05) is 11.5 Å². The minimum absolute atomic E-state index is 0.0793. The van der Waals surface area contributed by atoms with Crippen molar-refractivity contribution in [3.63, 3.8) is 0 Å². The summed E-state index contributed by atoms with van der Waals surface area (Å²) in [6.07, 6.45) is -3.24. The number of hydrogen-bond donors (Lipinski definition) is 2. The summed E-state index contributed by atoms with van der Waals surface area (Å²) in [5.74, 6) is -0.413. The number of carboxylic acid groups (broad SMARTS) is 1. The molecular formula is C16H18F3NO3S. The van der Waals surface area contributed by atoms with Crippen LogP contribution >= 0.6 is 11.8 Å². The molecule has 1 atom stereocenters. The van der Waals surface area contributed by atoms with Crippen LogP contribution < -0.4 is 5.32 Å². The molecule has 1 amide bonds. The molecule has 0 spiro atoms. The minimum atomic E-state index is -4.39. The van der Waals surface area contributed by atoms with E-state index in [9.17, 15) is 27.9 Å². The van der Waals surface area contributed by atoms with Crippen LogP contribution in [0.3, 0.4) is 0 Å². The van der Waals surface area contributed by atoms with Gasteiger partial charge in [-0.15, -0.1) is 0 Å². The Labute approximate surface area is 141 Å². The van der Waals surface area contributed by atoms with Crippen molar-refractivity contribution in [1.82, 2.24) is 5.32 Å². The molecule has 8 heteroatoms. The van der Waals surface area contributed by atoms with E-state index >= 15 is 0 Å². The van der Waals surface area contributed by atoms with E-state index in [2.05, 4.69) is 5.32 Å². The molecule has 0 aromatic heterocycles. The number of amides is 1. The molecule has 4 nitrogen and oxygen atoms in total. The highest BCUT2D eigenvalue weighted by Crippen LogP contribution is 2.30. The summed E-state index contributed by atoms with van der Waals surface area (Å²) < 4.78 is 37.9. The highest BCUT2D eigenvalue weighted by Gasteiger charge is 2.43. The van der Waals surface area contributed by atoms with Gasteiger partial charge in [0.2, 0.25) is 5.91 Å². The molecule has 1 unspecified atom stereocenters. The first-order valence-corrected chi connectivity index (χ1v) is 8.67. The van der Waals surface area contributed by atoms with E-state index in [4.69, 9.17) is 0 Å². The molecule has 1 heterocycles. The van der Waals surface area contributed by atoms with E-state index < -0.39 is 23.2 Å². The lowest BCUT2D eigenvalue weighted by molar-refractivity contribution is -0.146. The minimum Gasteiger partial charge on any atom is -0.479 e. The highest BCUT2D eigenvalue weighted by molar-refractivity contribution is 7.99. The number of aryl methyl sites for hydroxylation is 1. The van der Waals surface area contributed by atoms with E-state index in [1.54, 1.807) is 6.07 Å². The van der Waals surface area contributed by atoms with E-state index in [0.29, 0.717) is 36.3 Å². The van der Waals surface area contributed by atoms with Crippen molar-refractivity contribution >= 4 is 23.6 Å². The molecule has 1 aromatic carbocycles. The predicted octanol–water partition coefficient (Wildman–Crippen LogP) is 3.10. The Kier molecular flexibility index (Phi) is 5.79. The zero-order valence-corrected chi connectivity index (χ0v) is 13.7. The summed E-state index contributed by atoms with van der Waals surface area (Å²) in [6.45, 7) is 0. The Bertz CT molecular complexity index is 613. The molecule has 24 heavy (non-hydrogen) atoms. The predicted molar refractivity (Wildman–Crippen MR) is 84.8 cm³/mol. The van der Waals surface area contributed by atoms with Crippen LogP contribution in [0.25, 0.3) is 0 Å². The largest absolute Gasteiger partial charge is 0.479 e. The average molecular weight is 361 g/mol. The maximum absolute atomic E-state index is 12.6. The number of carbonyl (C=O) groups excluding carboxylic acids is 1. The topological polar surface area (TPSA) is 66.4 Å². The smallest absolute Gasteiger partial charge is 0.416 e. The van der Waals surface area contributed by atoms with Gasteiger partial charge in [0.15, 0.2) is 0 Å². The Morgan fingerprint density at radius 3 is 2.67 bits per heavy atom. The van der Waals surface area contributed by atoms with Crippen LogP contribution in [0.5, 0.6) is 0 Å². The fourth-order valence-corrected chi connectivity index (χ4v) is 3.90. The Morgan fingerprint density at radius 1 is 1.33 bits per heavy atom. The van der Waals surface area contributed by atoms with Crippen LogP contribution in [-0.2, 0) is 22.2 Å². The zero-order valence-electron chi connectivity index (χ0n) is 12.9. The number of thioether (sulfide) groups is 1. The van der Waals surface area contributed by atoms with Crippen molar-refractivity contribution in [2.45, 2.75) is 37.4 Å². The van der Waals surface area contributed by atoms with Gasteiger partial charge in [0.25, 0.3) is 0 Å². The molecule has 1 aliphatic heterocycles. The number of halogens is 3. The third-order valence-electron chi connectivity index (χ3n) is 3.93. The second-order valence-corrected chi connectivity index (χ2v) is 6.89. The standard InChI is InChI=1S/C16H18F3NO3S/c17-16(18,19)12-5-1-3-11(9-12)4-2-6-13(21)20-15(14(22)23)7-8-24-10-15/h1,3,5,9H,2,4,6-8,10H2,(H,20,21)(H,22,23). The van der Waals surface area contributed by atoms with Gasteiger partial charge < -0.3 is 10.4 Å². The number of hydrogen-bond acceptors (Lipinski definition) is 3. The van der Waals surface area contributed by atoms with Gasteiger partial charge in [0.05, 0.1) is 5.56 Å². The van der Waals surface area contributed by atoms with Crippen LogP contribution in [0.2, 0.25) is 0 Å². The maximum Gasteiger partial charge on any atom is 0.416 e. The molecule has 0 radical (unpaired) electrons. The first-order valence-electron chi connectivity index (χ1n) is 7.51. The fraction of sp³-hybridized carbons (Fsp3) is 0.500. The fourth-order valence-electron chi connectivity index (χ4n) is 2.57. The number of aliphatic carboxylic acids is 1. The van der Waals surface area contributed by atoms with Gasteiger partial charge in [0, 0.05) is 12.2 Å². The van der Waals surface area contributed by atoms with Crippen LogP contribution in [0.1, 0.15) is 30.4 Å². The van der Waals surface area contributed by atoms with Crippen LogP contribution in [-0.4, -0.2) is 34.0 Å². The first kappa shape index (κ1) is 18.6. The summed E-state index contributed by atoms with van der Waals surface area (Å²) in [7, 11) is 0. The highest BCUT2D eigenvalue weighted by atomic mass is 32.2. The number of carboxylic acids is 1. The van der Waals surface area contributed by atoms with E-state index in [1.807, 2.05) is 0 Å². The van der Waals surface area contributed by atoms with Crippen molar-refractivity contribution in [2.24, 2.45) is 0 Å². The molecular weight excluding hydrogens is 343 g/mol. The molecule has 1 fully saturated rings. The molecule has 0 aliphatic carbocycles. The molecule has 1 aromatic rings. The van der Waals surface area contributed by atoms with Crippen molar-refractivity contribution in [3.8, 4) is 0 Å². The zero-order chi connectivity index (χ0) is 17.8. The second-order valence-electron chi connectivity index (χ2n) is 5.79. The SMILES string of the molecule is O=C(CCCc1cccc(C(F)(F)F)c1)NC1(C(=O)O)CCSC1. The van der Waals surface area contributed by atoms with Crippen molar-refractivity contribution in [1.29, 1.82) is 0 Å². The van der Waals surface area contributed by atoms with Gasteiger partial charge in [-0.2, -0.15) is 24.9 Å². The van der Waals surface area contributed by atoms with E-state index in [0.717, 1.165) is 12.1 Å². The van der Waals surface area contributed by atoms with Gasteiger partial charge in [0.1, 0.15) is 5.54 Å². The van der Waals surface area contributed by atoms with Crippen LogP contribution in [0.4, 0.5) is 13.2 Å². The van der Waals surface area contributed by atoms with Gasteiger partial charge in [-0.05, 0) is 36.6 Å². The van der Waals surface area contributed by atoms with Gasteiger partial charge in [-0.25, -0.2) is 4.79 Å². The lowest BCUT2D eigenvalue weighted by Crippen LogP contribution is -2.54. The normalized spacial score (nSPS) is 20.8. The Hall–Kier alpha value is -1.70. The number of carbonyl (C=O) groups is 2. The average Bonchev–Trinajstić information content (AvgIpc) is 2.96. The van der Waals surface area contributed by atoms with Gasteiger partial charge in [-0.3, -0.25) is 4.79 Å². The van der Waals surface area contributed by atoms with E-state index in [-0.39, 0.29) is 12.3 Å². The first-order chi connectivity index (χ1) is 11.2. The lowest BCUT2D eigenvalue weighted by Gasteiger charge is -2.24. The monoisotopic (exact) mass is 361 g/mol. The summed E-state index contributed by atoms with van der Waals surface area (Å²) >= 11 is 1.47. The maximum atomic E-state index is 12.6. The van der Waals surface area contributed by atoms with Crippen LogP contribution in [0.15, 0.2) is 24.3 Å². The number of nitrogens with one attached hydrogen (secondary N) is 1. The number of alkyl halides is 3. The molecule has 2 N–H and O–H groups in total. The number of rotatable bonds is 6. The van der Waals surface area contributed by atoms with E-state index in [1.165, 1.54) is 17.8 Å². The quantitative estimate of drug-likeness (QED) is 0.817. The molecule has 1 saturated heterocycles. The van der Waals surface area contributed by atoms with Crippen molar-refractivity contribution < 1.29 is 27.9 Å². The second kappa shape index (κ2) is 7.46. The summed E-state index contributed by atoms with van der Waals surface area (Å²) in [5, 5.41) is 11.9. The molecule has 132 valence electrons. The molecule has 0 saturated carbocycles. The summed E-state index contributed by atoms with van der Waals surface area (Å²) in [5.41, 5.74) is -1.42. The molecule has 1 aliphatic rings. The third kappa shape index (κ3) is 4.66. The molecule has 2 rings (SSSR count). The Balaban J connectivity index is 1.86. The lowest BCUT2D eigenvalue weighted by atomic mass is 9.98. The van der Waals surface area contributed by atoms with Gasteiger partial charge in [-0.1, -0.05) is 18.2 Å². The summed E-state index contributed by atoms with van der Waals surface area (Å²) in [6, 6.07) is 5.00. The van der Waals surface area contributed by atoms with Gasteiger partial charge >= 0.3 is 12.1 Å². The van der Waals surface area contributed by atoms with Crippen molar-refractivity contribution in [3.05, 3.63) is 35.4 Å². The molecule has 0 bridgehead atoms. The summed E-state index contributed by atoms with van der Waals surface area (Å²) in [4.78, 5) is 23.3.